The fourth-order valence-electron chi connectivity index (χ4n) is 2.95. The zero-order valence-corrected chi connectivity index (χ0v) is 15.8. The van der Waals surface area contributed by atoms with Crippen molar-refractivity contribution in [2.75, 3.05) is 57.1 Å². The van der Waals surface area contributed by atoms with Crippen molar-refractivity contribution < 1.29 is 14.3 Å². The van der Waals surface area contributed by atoms with Gasteiger partial charge in [0.15, 0.2) is 0 Å². The van der Waals surface area contributed by atoms with E-state index in [9.17, 15) is 4.79 Å². The minimum atomic E-state index is -0.268. The van der Waals surface area contributed by atoms with Crippen LogP contribution in [0.1, 0.15) is 16.1 Å². The molecule has 0 aliphatic carbocycles. The molecule has 1 fully saturated rings. The molecular weight excluding hydrogens is 344 g/mol. The zero-order valence-electron chi connectivity index (χ0n) is 15.8. The minimum Gasteiger partial charge on any atom is -0.495 e. The monoisotopic (exact) mass is 370 g/mol. The molecule has 144 valence electrons. The number of benzene rings is 1. The lowest BCUT2D eigenvalue weighted by Gasteiger charge is -2.26. The number of nitrogens with one attached hydrogen (secondary N) is 2. The van der Waals surface area contributed by atoms with Gasteiger partial charge >= 0.3 is 0 Å². The van der Waals surface area contributed by atoms with Gasteiger partial charge in [-0.25, -0.2) is 0 Å². The van der Waals surface area contributed by atoms with Crippen LogP contribution in [0.4, 0.5) is 11.4 Å². The number of aromatic nitrogens is 1. The van der Waals surface area contributed by atoms with E-state index in [2.05, 4.69) is 20.5 Å². The summed E-state index contributed by atoms with van der Waals surface area (Å²) in [5, 5.41) is 6.23. The van der Waals surface area contributed by atoms with Crippen molar-refractivity contribution in [3.63, 3.8) is 0 Å². The third kappa shape index (κ3) is 5.42. The second-order valence-corrected chi connectivity index (χ2v) is 6.47. The van der Waals surface area contributed by atoms with Crippen molar-refractivity contribution in [3.05, 3.63) is 47.8 Å². The fraction of sp³-hybridized carbons (Fsp3) is 0.400. The van der Waals surface area contributed by atoms with Crippen molar-refractivity contribution in [1.29, 1.82) is 0 Å². The van der Waals surface area contributed by atoms with Gasteiger partial charge < -0.3 is 20.1 Å². The summed E-state index contributed by atoms with van der Waals surface area (Å²) in [4.78, 5) is 19.1. The second kappa shape index (κ2) is 9.34. The van der Waals surface area contributed by atoms with Gasteiger partial charge in [0.25, 0.3) is 5.91 Å². The van der Waals surface area contributed by atoms with Crippen LogP contribution in [0.3, 0.4) is 0 Å². The minimum absolute atomic E-state index is 0.268. The molecule has 0 bridgehead atoms. The summed E-state index contributed by atoms with van der Waals surface area (Å²) >= 11 is 0. The molecule has 1 aromatic heterocycles. The predicted molar refractivity (Wildman–Crippen MR) is 106 cm³/mol. The highest BCUT2D eigenvalue weighted by molar-refractivity contribution is 6.04. The van der Waals surface area contributed by atoms with E-state index in [1.807, 2.05) is 31.2 Å². The molecule has 2 N–H and O–H groups in total. The van der Waals surface area contributed by atoms with E-state index in [-0.39, 0.29) is 5.91 Å². The molecule has 27 heavy (non-hydrogen) atoms. The summed E-state index contributed by atoms with van der Waals surface area (Å²) in [6.45, 7) is 7.22. The van der Waals surface area contributed by atoms with Crippen LogP contribution < -0.4 is 15.4 Å². The number of aryl methyl sites for hydroxylation is 1. The Morgan fingerprint density at radius 3 is 2.85 bits per heavy atom. The maximum absolute atomic E-state index is 12.6. The van der Waals surface area contributed by atoms with E-state index < -0.39 is 0 Å². The quantitative estimate of drug-likeness (QED) is 0.780. The number of hydrogen-bond donors (Lipinski definition) is 2. The average Bonchev–Trinajstić information content (AvgIpc) is 2.69. The Morgan fingerprint density at radius 2 is 2.07 bits per heavy atom. The molecule has 1 saturated heterocycles. The molecule has 1 amide bonds. The van der Waals surface area contributed by atoms with Gasteiger partial charge in [-0.15, -0.1) is 0 Å². The molecule has 1 aliphatic rings. The standard InChI is InChI=1S/C20H26N4O3/c1-15-3-4-19(26-2)17(13-15)23-20(25)18-14-16(5-6-22-18)21-7-8-24-9-11-27-12-10-24/h3-6,13-14H,7-12H2,1-2H3,(H,21,22)(H,23,25). The van der Waals surface area contributed by atoms with Crippen molar-refractivity contribution in [1.82, 2.24) is 9.88 Å². The number of pyridine rings is 1. The number of morpholine rings is 1. The number of nitrogens with zero attached hydrogens (tertiary/aromatic N) is 2. The lowest BCUT2D eigenvalue weighted by molar-refractivity contribution is 0.0398. The molecule has 7 nitrogen and oxygen atoms in total. The maximum Gasteiger partial charge on any atom is 0.274 e. The summed E-state index contributed by atoms with van der Waals surface area (Å²) in [5.41, 5.74) is 2.90. The molecule has 0 unspecified atom stereocenters. The first-order valence-electron chi connectivity index (χ1n) is 9.12. The van der Waals surface area contributed by atoms with Crippen molar-refractivity contribution in [2.45, 2.75) is 6.92 Å². The highest BCUT2D eigenvalue weighted by Crippen LogP contribution is 2.25. The average molecular weight is 370 g/mol. The fourth-order valence-corrected chi connectivity index (χ4v) is 2.95. The lowest BCUT2D eigenvalue weighted by atomic mass is 10.2. The summed E-state index contributed by atoms with van der Waals surface area (Å²) < 4.78 is 10.7. The maximum atomic E-state index is 12.6. The van der Waals surface area contributed by atoms with Gasteiger partial charge in [-0.1, -0.05) is 6.07 Å². The predicted octanol–water partition coefficient (Wildman–Crippen LogP) is 2.40. The summed E-state index contributed by atoms with van der Waals surface area (Å²) in [5.74, 6) is 0.351. The van der Waals surface area contributed by atoms with Crippen LogP contribution in [0.25, 0.3) is 0 Å². The smallest absolute Gasteiger partial charge is 0.274 e. The third-order valence-corrected chi connectivity index (χ3v) is 4.46. The van der Waals surface area contributed by atoms with Crippen LogP contribution >= 0.6 is 0 Å². The molecule has 0 atom stereocenters. The Balaban J connectivity index is 1.59. The number of rotatable bonds is 7. The van der Waals surface area contributed by atoms with Crippen molar-refractivity contribution >= 4 is 17.3 Å². The number of methoxy groups -OCH3 is 1. The van der Waals surface area contributed by atoms with Crippen LogP contribution in [-0.4, -0.2) is 62.3 Å². The topological polar surface area (TPSA) is 75.7 Å². The summed E-state index contributed by atoms with van der Waals surface area (Å²) in [6.07, 6.45) is 1.64. The number of anilines is 2. The first-order chi connectivity index (χ1) is 13.2. The number of ether oxygens (including phenoxy) is 2. The molecule has 2 aromatic rings. The highest BCUT2D eigenvalue weighted by Gasteiger charge is 2.13. The van der Waals surface area contributed by atoms with Gasteiger partial charge in [0.2, 0.25) is 0 Å². The van der Waals surface area contributed by atoms with Gasteiger partial charge in [-0.2, -0.15) is 0 Å². The van der Waals surface area contributed by atoms with Crippen LogP contribution in [0.2, 0.25) is 0 Å². The summed E-state index contributed by atoms with van der Waals surface area (Å²) in [6, 6.07) is 9.27. The van der Waals surface area contributed by atoms with Gasteiger partial charge in [-0.05, 0) is 36.8 Å². The van der Waals surface area contributed by atoms with Gasteiger partial charge in [0.05, 0.1) is 26.0 Å². The molecule has 0 spiro atoms. The van der Waals surface area contributed by atoms with E-state index >= 15 is 0 Å². The molecule has 2 heterocycles. The highest BCUT2D eigenvalue weighted by atomic mass is 16.5. The van der Waals surface area contributed by atoms with E-state index in [4.69, 9.17) is 9.47 Å². The van der Waals surface area contributed by atoms with Crippen LogP contribution in [0.5, 0.6) is 5.75 Å². The Labute approximate surface area is 159 Å². The van der Waals surface area contributed by atoms with E-state index in [1.165, 1.54) is 0 Å². The van der Waals surface area contributed by atoms with Crippen LogP contribution in [-0.2, 0) is 4.74 Å². The SMILES string of the molecule is COc1ccc(C)cc1NC(=O)c1cc(NCCN2CCOCC2)ccn1. The van der Waals surface area contributed by atoms with Crippen molar-refractivity contribution in [2.24, 2.45) is 0 Å². The Kier molecular flexibility index (Phi) is 6.62. The van der Waals surface area contributed by atoms with Gasteiger partial charge in [-0.3, -0.25) is 14.7 Å². The summed E-state index contributed by atoms with van der Waals surface area (Å²) in [7, 11) is 1.58. The molecule has 7 heteroatoms. The molecule has 1 aromatic carbocycles. The van der Waals surface area contributed by atoms with Crippen molar-refractivity contribution in [3.8, 4) is 5.75 Å². The lowest BCUT2D eigenvalue weighted by Crippen LogP contribution is -2.39. The first kappa shape index (κ1) is 19.1. The number of hydrogen-bond acceptors (Lipinski definition) is 6. The molecule has 3 rings (SSSR count). The van der Waals surface area contributed by atoms with Crippen LogP contribution in [0, 0.1) is 6.92 Å². The van der Waals surface area contributed by atoms with Gasteiger partial charge in [0, 0.05) is 38.1 Å². The molecule has 0 radical (unpaired) electrons. The van der Waals surface area contributed by atoms with Gasteiger partial charge in [0.1, 0.15) is 11.4 Å². The van der Waals surface area contributed by atoms with Crippen LogP contribution in [0.15, 0.2) is 36.5 Å². The van der Waals surface area contributed by atoms with E-state index in [1.54, 1.807) is 19.4 Å². The Hall–Kier alpha value is -2.64. The first-order valence-corrected chi connectivity index (χ1v) is 9.12. The Morgan fingerprint density at radius 1 is 1.26 bits per heavy atom. The number of carbonyl (C=O) groups excluding carboxylic acids is 1. The number of carbonyl (C=O) groups is 1. The molecule has 0 saturated carbocycles. The van der Waals surface area contributed by atoms with E-state index in [0.717, 1.165) is 50.6 Å². The number of amides is 1. The Bertz CT molecular complexity index is 776. The second-order valence-electron chi connectivity index (χ2n) is 6.47. The third-order valence-electron chi connectivity index (χ3n) is 4.46. The largest absolute Gasteiger partial charge is 0.495 e. The zero-order chi connectivity index (χ0) is 19.1. The van der Waals surface area contributed by atoms with E-state index in [0.29, 0.717) is 17.1 Å². The molecule has 1 aliphatic heterocycles. The molecular formula is C20H26N4O3. The normalized spacial score (nSPS) is 14.6.